The largest absolute Gasteiger partial charge is 0.393 e. The van der Waals surface area contributed by atoms with Gasteiger partial charge >= 0.3 is 0 Å². The monoisotopic (exact) mass is 503 g/mol. The number of H-pyrrole nitrogens is 1. The Balaban J connectivity index is 0.00000158. The molecule has 2 aromatic carbocycles. The van der Waals surface area contributed by atoms with E-state index in [-0.39, 0.29) is 11.9 Å². The van der Waals surface area contributed by atoms with Crippen LogP contribution in [0.2, 0.25) is 10.0 Å². The number of rotatable bonds is 7. The number of fused-ring (bicyclic) bond motifs is 1. The molecule has 7 heteroatoms. The average molecular weight is 505 g/mol. The molecule has 1 aromatic heterocycles. The van der Waals surface area contributed by atoms with Crippen molar-refractivity contribution in [2.24, 2.45) is 5.92 Å². The number of hydrogen-bond donors (Lipinski definition) is 2. The van der Waals surface area contributed by atoms with E-state index in [1.807, 2.05) is 56.3 Å². The van der Waals surface area contributed by atoms with Crippen LogP contribution in [0.25, 0.3) is 10.9 Å². The number of aromatic nitrogens is 1. The predicted octanol–water partition coefficient (Wildman–Crippen LogP) is 5.77. The number of aromatic amines is 1. The molecule has 5 nitrogen and oxygen atoms in total. The van der Waals surface area contributed by atoms with Crippen LogP contribution in [0, 0.1) is 5.92 Å². The van der Waals surface area contributed by atoms with Crippen LogP contribution < -0.4 is 0 Å². The Hall–Kier alpha value is -2.05. The van der Waals surface area contributed by atoms with E-state index < -0.39 is 12.0 Å². The van der Waals surface area contributed by atoms with E-state index in [4.69, 9.17) is 23.2 Å². The second-order valence-corrected chi connectivity index (χ2v) is 9.62. The number of likely N-dealkylation sites (tertiary alicyclic amines) is 1. The minimum Gasteiger partial charge on any atom is -0.393 e. The molecule has 3 aromatic rings. The van der Waals surface area contributed by atoms with Gasteiger partial charge in [-0.15, -0.1) is 0 Å². The molecule has 3 atom stereocenters. The summed E-state index contributed by atoms with van der Waals surface area (Å²) in [5.41, 5.74) is 3.31. The number of carbonyl (C=O) groups excluding carboxylic acids is 1. The van der Waals surface area contributed by atoms with Gasteiger partial charge in [0.25, 0.3) is 0 Å². The molecule has 1 aliphatic heterocycles. The zero-order chi connectivity index (χ0) is 24.8. The first-order valence-electron chi connectivity index (χ1n) is 12.0. The van der Waals surface area contributed by atoms with E-state index in [0.717, 1.165) is 23.9 Å². The SMILES string of the molecule is CC.CC(O)C1C(=O)N(CCc2c[nH]c3ccccc23)CCC1N(C)Cc1cc(Cl)cc(Cl)c1. The third kappa shape index (κ3) is 6.14. The van der Waals surface area contributed by atoms with Gasteiger partial charge in [-0.05, 0) is 62.2 Å². The fourth-order valence-corrected chi connectivity index (χ4v) is 5.47. The molecule has 184 valence electrons. The van der Waals surface area contributed by atoms with Crippen molar-refractivity contribution in [3.05, 3.63) is 69.8 Å². The molecular formula is C27H35Cl2N3O2. The number of aliphatic hydroxyl groups is 1. The smallest absolute Gasteiger partial charge is 0.229 e. The summed E-state index contributed by atoms with van der Waals surface area (Å²) in [6.45, 7) is 7.64. The lowest BCUT2D eigenvalue weighted by Gasteiger charge is -2.43. The van der Waals surface area contributed by atoms with Crippen LogP contribution in [-0.2, 0) is 17.8 Å². The topological polar surface area (TPSA) is 59.6 Å². The molecule has 4 rings (SSSR count). The molecule has 34 heavy (non-hydrogen) atoms. The fraction of sp³-hybridized carbons (Fsp3) is 0.444. The third-order valence-corrected chi connectivity index (χ3v) is 6.91. The molecular weight excluding hydrogens is 469 g/mol. The number of nitrogens with zero attached hydrogens (tertiary/aromatic N) is 2. The number of aliphatic hydroxyl groups excluding tert-OH is 1. The van der Waals surface area contributed by atoms with Crippen molar-refractivity contribution in [1.29, 1.82) is 0 Å². The standard InChI is InChI=1S/C25H29Cl2N3O2.C2H6/c1-16(31)24-23(29(2)15-17-11-19(26)13-20(27)12-17)8-10-30(25(24)32)9-7-18-14-28-22-6-4-3-5-21(18)22;1-2/h3-6,11-14,16,23-24,28,31H,7-10,15H2,1-2H3;1-2H3. The molecule has 0 aliphatic carbocycles. The van der Waals surface area contributed by atoms with Crippen molar-refractivity contribution in [3.63, 3.8) is 0 Å². The highest BCUT2D eigenvalue weighted by molar-refractivity contribution is 6.34. The lowest BCUT2D eigenvalue weighted by molar-refractivity contribution is -0.147. The zero-order valence-corrected chi connectivity index (χ0v) is 21.9. The van der Waals surface area contributed by atoms with Crippen molar-refractivity contribution < 1.29 is 9.90 Å². The van der Waals surface area contributed by atoms with Gasteiger partial charge in [-0.2, -0.15) is 0 Å². The number of nitrogens with one attached hydrogen (secondary N) is 1. The summed E-state index contributed by atoms with van der Waals surface area (Å²) in [4.78, 5) is 20.7. The van der Waals surface area contributed by atoms with Crippen LogP contribution in [0.1, 0.15) is 38.3 Å². The molecule has 1 amide bonds. The molecule has 0 spiro atoms. The van der Waals surface area contributed by atoms with E-state index in [9.17, 15) is 9.90 Å². The predicted molar refractivity (Wildman–Crippen MR) is 141 cm³/mol. The van der Waals surface area contributed by atoms with Crippen LogP contribution in [0.4, 0.5) is 0 Å². The Morgan fingerprint density at radius 3 is 2.53 bits per heavy atom. The van der Waals surface area contributed by atoms with Crippen molar-refractivity contribution in [2.75, 3.05) is 20.1 Å². The van der Waals surface area contributed by atoms with E-state index in [2.05, 4.69) is 22.0 Å². The van der Waals surface area contributed by atoms with Crippen molar-refractivity contribution >= 4 is 40.0 Å². The number of piperidine rings is 1. The number of carbonyl (C=O) groups is 1. The Labute approximate surface area is 212 Å². The number of hydrogen-bond acceptors (Lipinski definition) is 3. The van der Waals surface area contributed by atoms with Gasteiger partial charge in [0.15, 0.2) is 0 Å². The normalized spacial score (nSPS) is 19.3. The van der Waals surface area contributed by atoms with Crippen LogP contribution in [0.3, 0.4) is 0 Å². The molecule has 0 radical (unpaired) electrons. The van der Waals surface area contributed by atoms with Crippen LogP contribution in [0.15, 0.2) is 48.7 Å². The zero-order valence-electron chi connectivity index (χ0n) is 20.4. The molecule has 2 N–H and O–H groups in total. The van der Waals surface area contributed by atoms with Gasteiger partial charge in [0.1, 0.15) is 0 Å². The lowest BCUT2D eigenvalue weighted by Crippen LogP contribution is -2.56. The second-order valence-electron chi connectivity index (χ2n) is 8.75. The third-order valence-electron chi connectivity index (χ3n) is 6.47. The van der Waals surface area contributed by atoms with Crippen LogP contribution >= 0.6 is 23.2 Å². The first-order valence-corrected chi connectivity index (χ1v) is 12.8. The lowest BCUT2D eigenvalue weighted by atomic mass is 9.85. The van der Waals surface area contributed by atoms with Gasteiger partial charge in [0, 0.05) is 52.8 Å². The highest BCUT2D eigenvalue weighted by atomic mass is 35.5. The Morgan fingerprint density at radius 2 is 1.85 bits per heavy atom. The first kappa shape index (κ1) is 26.6. The van der Waals surface area contributed by atoms with E-state index >= 15 is 0 Å². The average Bonchev–Trinajstić information content (AvgIpc) is 3.21. The molecule has 1 saturated heterocycles. The minimum atomic E-state index is -0.728. The van der Waals surface area contributed by atoms with Crippen LogP contribution in [0.5, 0.6) is 0 Å². The maximum atomic E-state index is 13.4. The molecule has 2 heterocycles. The van der Waals surface area contributed by atoms with E-state index in [1.54, 1.807) is 13.0 Å². The van der Waals surface area contributed by atoms with E-state index in [1.165, 1.54) is 10.9 Å². The van der Waals surface area contributed by atoms with Crippen molar-refractivity contribution in [3.8, 4) is 0 Å². The number of benzene rings is 2. The first-order chi connectivity index (χ1) is 16.3. The number of amides is 1. The van der Waals surface area contributed by atoms with Gasteiger partial charge in [-0.1, -0.05) is 55.2 Å². The summed E-state index contributed by atoms with van der Waals surface area (Å²) in [6, 6.07) is 13.6. The quantitative estimate of drug-likeness (QED) is 0.429. The van der Waals surface area contributed by atoms with Gasteiger partial charge in [-0.25, -0.2) is 0 Å². The van der Waals surface area contributed by atoms with Gasteiger partial charge < -0.3 is 15.0 Å². The number of para-hydroxylation sites is 1. The number of halogens is 2. The van der Waals surface area contributed by atoms with E-state index in [0.29, 0.717) is 29.7 Å². The maximum absolute atomic E-state index is 13.4. The molecule has 3 unspecified atom stereocenters. The van der Waals surface area contributed by atoms with Gasteiger partial charge in [-0.3, -0.25) is 9.69 Å². The molecule has 1 fully saturated rings. The maximum Gasteiger partial charge on any atom is 0.229 e. The van der Waals surface area contributed by atoms with Gasteiger partial charge in [0.2, 0.25) is 5.91 Å². The summed E-state index contributed by atoms with van der Waals surface area (Å²) in [6.07, 6.45) is 2.88. The van der Waals surface area contributed by atoms with Gasteiger partial charge in [0.05, 0.1) is 12.0 Å². The Morgan fingerprint density at radius 1 is 1.18 bits per heavy atom. The highest BCUT2D eigenvalue weighted by Gasteiger charge is 2.41. The van der Waals surface area contributed by atoms with Crippen LogP contribution in [-0.4, -0.2) is 58.1 Å². The summed E-state index contributed by atoms with van der Waals surface area (Å²) in [5.74, 6) is -0.446. The summed E-state index contributed by atoms with van der Waals surface area (Å²) in [7, 11) is 1.99. The summed E-state index contributed by atoms with van der Waals surface area (Å²) < 4.78 is 0. The fourth-order valence-electron chi connectivity index (χ4n) is 4.90. The molecule has 1 aliphatic rings. The Kier molecular flexibility index (Phi) is 9.43. The molecule has 0 saturated carbocycles. The minimum absolute atomic E-state index is 0.0204. The van der Waals surface area contributed by atoms with Crippen molar-refractivity contribution in [2.45, 2.75) is 52.3 Å². The van der Waals surface area contributed by atoms with Crippen molar-refractivity contribution in [1.82, 2.24) is 14.8 Å². The highest BCUT2D eigenvalue weighted by Crippen LogP contribution is 2.29. The second kappa shape index (κ2) is 12.1. The Bertz CT molecular complexity index is 1080. The molecule has 0 bridgehead atoms. The summed E-state index contributed by atoms with van der Waals surface area (Å²) >= 11 is 12.3. The summed E-state index contributed by atoms with van der Waals surface area (Å²) in [5, 5.41) is 12.9.